The molecule has 1 unspecified atom stereocenters. The van der Waals surface area contributed by atoms with E-state index in [2.05, 4.69) is 6.92 Å². The summed E-state index contributed by atoms with van der Waals surface area (Å²) in [5.41, 5.74) is 0.860. The van der Waals surface area contributed by atoms with Crippen molar-refractivity contribution in [1.29, 1.82) is 0 Å². The van der Waals surface area contributed by atoms with Gasteiger partial charge < -0.3 is 9.84 Å². The predicted molar refractivity (Wildman–Crippen MR) is 86.3 cm³/mol. The molecule has 0 bridgehead atoms. The summed E-state index contributed by atoms with van der Waals surface area (Å²) in [6, 6.07) is 4.97. The van der Waals surface area contributed by atoms with Crippen molar-refractivity contribution < 1.29 is 19.4 Å². The summed E-state index contributed by atoms with van der Waals surface area (Å²) in [5.74, 6) is -1.42. The number of aromatic carboxylic acids is 1. The molecule has 1 aromatic rings. The van der Waals surface area contributed by atoms with Crippen molar-refractivity contribution in [3.8, 4) is 0 Å². The molecule has 1 aromatic carbocycles. The molecule has 0 spiro atoms. The molecule has 0 fully saturated rings. The molecular weight excluding hydrogens is 280 g/mol. The molecule has 1 rings (SSSR count). The highest BCUT2D eigenvalue weighted by Gasteiger charge is 2.24. The lowest BCUT2D eigenvalue weighted by atomic mass is 9.98. The smallest absolute Gasteiger partial charge is 0.339 e. The Labute approximate surface area is 132 Å². The number of aryl methyl sites for hydroxylation is 1. The van der Waals surface area contributed by atoms with Gasteiger partial charge in [0.05, 0.1) is 11.1 Å². The maximum absolute atomic E-state index is 12.4. The van der Waals surface area contributed by atoms with Crippen LogP contribution in [0.4, 0.5) is 0 Å². The van der Waals surface area contributed by atoms with Gasteiger partial charge in [-0.15, -0.1) is 0 Å². The number of carbonyl (C=O) groups excluding carboxylic acids is 1. The number of unbranched alkanes of at least 4 members (excludes halogenated alkanes) is 1. The number of benzene rings is 1. The van der Waals surface area contributed by atoms with Crippen molar-refractivity contribution >= 4 is 11.9 Å². The summed E-state index contributed by atoms with van der Waals surface area (Å²) in [6.45, 7) is 7.98. The maximum atomic E-state index is 12.4. The van der Waals surface area contributed by atoms with Crippen LogP contribution in [-0.4, -0.2) is 23.1 Å². The molecule has 0 amide bonds. The van der Waals surface area contributed by atoms with Crippen LogP contribution < -0.4 is 0 Å². The summed E-state index contributed by atoms with van der Waals surface area (Å²) in [7, 11) is 0. The number of carboxylic acid groups (broad SMARTS) is 1. The normalized spacial score (nSPS) is 12.2. The van der Waals surface area contributed by atoms with Crippen LogP contribution in [0.15, 0.2) is 18.2 Å². The Morgan fingerprint density at radius 3 is 2.41 bits per heavy atom. The van der Waals surface area contributed by atoms with Crippen molar-refractivity contribution in [2.75, 3.05) is 0 Å². The molecule has 0 saturated heterocycles. The van der Waals surface area contributed by atoms with Crippen LogP contribution in [0.3, 0.4) is 0 Å². The molecular formula is C18H26O4. The van der Waals surface area contributed by atoms with Gasteiger partial charge in [0.15, 0.2) is 0 Å². The van der Waals surface area contributed by atoms with E-state index in [9.17, 15) is 14.7 Å². The van der Waals surface area contributed by atoms with Gasteiger partial charge in [0, 0.05) is 0 Å². The molecule has 0 radical (unpaired) electrons. The molecule has 0 aliphatic heterocycles. The van der Waals surface area contributed by atoms with Crippen molar-refractivity contribution in [2.24, 2.45) is 5.92 Å². The van der Waals surface area contributed by atoms with E-state index in [1.165, 1.54) is 6.07 Å². The van der Waals surface area contributed by atoms with Crippen molar-refractivity contribution in [3.05, 3.63) is 34.9 Å². The second-order valence-electron chi connectivity index (χ2n) is 5.83. The first-order chi connectivity index (χ1) is 10.4. The van der Waals surface area contributed by atoms with Crippen LogP contribution in [0.2, 0.25) is 0 Å². The molecule has 1 atom stereocenters. The molecule has 4 heteroatoms. The van der Waals surface area contributed by atoms with E-state index in [1.807, 2.05) is 20.8 Å². The average Bonchev–Trinajstić information content (AvgIpc) is 2.49. The summed E-state index contributed by atoms with van der Waals surface area (Å²) in [6.07, 6.45) is 3.20. The molecule has 0 saturated carbocycles. The predicted octanol–water partition coefficient (Wildman–Crippen LogP) is 4.32. The van der Waals surface area contributed by atoms with Gasteiger partial charge in [-0.3, -0.25) is 0 Å². The average molecular weight is 306 g/mol. The van der Waals surface area contributed by atoms with E-state index in [1.54, 1.807) is 12.1 Å². The number of ether oxygens (including phenoxy) is 1. The highest BCUT2D eigenvalue weighted by Crippen LogP contribution is 2.21. The Morgan fingerprint density at radius 1 is 1.23 bits per heavy atom. The van der Waals surface area contributed by atoms with Crippen molar-refractivity contribution in [2.45, 2.75) is 59.5 Å². The van der Waals surface area contributed by atoms with Crippen molar-refractivity contribution in [1.82, 2.24) is 0 Å². The van der Waals surface area contributed by atoms with Gasteiger partial charge in [0.25, 0.3) is 0 Å². The molecule has 0 aliphatic rings. The number of carbonyl (C=O) groups is 2. The third-order valence-corrected chi connectivity index (χ3v) is 3.81. The van der Waals surface area contributed by atoms with E-state index < -0.39 is 11.9 Å². The molecule has 0 aromatic heterocycles. The van der Waals surface area contributed by atoms with E-state index in [0.717, 1.165) is 19.3 Å². The van der Waals surface area contributed by atoms with E-state index in [4.69, 9.17) is 4.74 Å². The van der Waals surface area contributed by atoms with Gasteiger partial charge in [0.1, 0.15) is 6.10 Å². The Kier molecular flexibility index (Phi) is 7.09. The number of hydrogen-bond donors (Lipinski definition) is 1. The van der Waals surface area contributed by atoms with Crippen LogP contribution in [0, 0.1) is 5.92 Å². The number of hydrogen-bond acceptors (Lipinski definition) is 3. The van der Waals surface area contributed by atoms with Crippen LogP contribution >= 0.6 is 0 Å². The summed E-state index contributed by atoms with van der Waals surface area (Å²) in [5, 5.41) is 9.40. The fraction of sp³-hybridized carbons (Fsp3) is 0.556. The first kappa shape index (κ1) is 18.2. The van der Waals surface area contributed by atoms with Gasteiger partial charge in [-0.2, -0.15) is 0 Å². The van der Waals surface area contributed by atoms with E-state index >= 15 is 0 Å². The molecule has 4 nitrogen and oxygen atoms in total. The Bertz CT molecular complexity index is 520. The quantitative estimate of drug-likeness (QED) is 0.726. The molecule has 1 N–H and O–H groups in total. The topological polar surface area (TPSA) is 63.6 Å². The second kappa shape index (κ2) is 8.57. The third-order valence-electron chi connectivity index (χ3n) is 3.81. The summed E-state index contributed by atoms with van der Waals surface area (Å²) >= 11 is 0. The minimum absolute atomic E-state index is 0.0630. The summed E-state index contributed by atoms with van der Waals surface area (Å²) in [4.78, 5) is 23.9. The first-order valence-electron chi connectivity index (χ1n) is 7.98. The Hall–Kier alpha value is -1.84. The van der Waals surface area contributed by atoms with Gasteiger partial charge in [0.2, 0.25) is 0 Å². The summed E-state index contributed by atoms with van der Waals surface area (Å²) < 4.78 is 5.59. The monoisotopic (exact) mass is 306 g/mol. The molecule has 122 valence electrons. The van der Waals surface area contributed by atoms with Crippen LogP contribution in [-0.2, 0) is 11.2 Å². The number of esters is 1. The number of carboxylic acids is 1. The van der Waals surface area contributed by atoms with E-state index in [0.29, 0.717) is 12.0 Å². The molecule has 22 heavy (non-hydrogen) atoms. The standard InChI is InChI=1S/C18H26O4/c1-5-7-11-15(12(3)4)22-18(21)14-10-8-9-13(6-2)16(14)17(19)20/h8-10,12,15H,5-7,11H2,1-4H3,(H,19,20). The maximum Gasteiger partial charge on any atom is 0.339 e. The van der Waals surface area contributed by atoms with E-state index in [-0.39, 0.29) is 23.1 Å². The minimum Gasteiger partial charge on any atom is -0.478 e. The van der Waals surface area contributed by atoms with Crippen LogP contribution in [0.25, 0.3) is 0 Å². The van der Waals surface area contributed by atoms with Crippen LogP contribution in [0.1, 0.15) is 73.2 Å². The SMILES string of the molecule is CCCCC(OC(=O)c1cccc(CC)c1C(=O)O)C(C)C. The Balaban J connectivity index is 3.04. The minimum atomic E-state index is -1.08. The largest absolute Gasteiger partial charge is 0.478 e. The van der Waals surface area contributed by atoms with Gasteiger partial charge >= 0.3 is 11.9 Å². The molecule has 0 aliphatic carbocycles. The second-order valence-corrected chi connectivity index (χ2v) is 5.83. The van der Waals surface area contributed by atoms with Crippen LogP contribution in [0.5, 0.6) is 0 Å². The van der Waals surface area contributed by atoms with Gasteiger partial charge in [-0.25, -0.2) is 9.59 Å². The lowest BCUT2D eigenvalue weighted by Gasteiger charge is -2.22. The zero-order valence-corrected chi connectivity index (χ0v) is 13.9. The fourth-order valence-corrected chi connectivity index (χ4v) is 2.45. The lowest BCUT2D eigenvalue weighted by molar-refractivity contribution is 0.0148. The van der Waals surface area contributed by atoms with Gasteiger partial charge in [-0.05, 0) is 30.4 Å². The highest BCUT2D eigenvalue weighted by atomic mass is 16.5. The zero-order chi connectivity index (χ0) is 16.7. The zero-order valence-electron chi connectivity index (χ0n) is 13.9. The highest BCUT2D eigenvalue weighted by molar-refractivity contribution is 6.03. The molecule has 0 heterocycles. The number of rotatable bonds is 8. The van der Waals surface area contributed by atoms with Crippen molar-refractivity contribution in [3.63, 3.8) is 0 Å². The van der Waals surface area contributed by atoms with Gasteiger partial charge in [-0.1, -0.05) is 52.7 Å². The Morgan fingerprint density at radius 2 is 1.91 bits per heavy atom. The third kappa shape index (κ3) is 4.58. The first-order valence-corrected chi connectivity index (χ1v) is 7.98. The fourth-order valence-electron chi connectivity index (χ4n) is 2.45. The lowest BCUT2D eigenvalue weighted by Crippen LogP contribution is -2.25.